The highest BCUT2D eigenvalue weighted by molar-refractivity contribution is 7.15. The predicted molar refractivity (Wildman–Crippen MR) is 92.4 cm³/mol. The van der Waals surface area contributed by atoms with E-state index < -0.39 is 5.82 Å². The Balaban J connectivity index is 0.000000701. The summed E-state index contributed by atoms with van der Waals surface area (Å²) in [5.41, 5.74) is 0. The predicted octanol–water partition coefficient (Wildman–Crippen LogP) is 2.52. The number of carbonyl (C=O) groups is 1. The van der Waals surface area contributed by atoms with Crippen LogP contribution in [-0.4, -0.2) is 46.3 Å². The number of aromatic nitrogens is 3. The lowest BCUT2D eigenvalue weighted by Crippen LogP contribution is -2.21. The molecule has 1 atom stereocenters. The van der Waals surface area contributed by atoms with Gasteiger partial charge in [-0.3, -0.25) is 4.90 Å². The Kier molecular flexibility index (Phi) is 7.32. The van der Waals surface area contributed by atoms with Crippen molar-refractivity contribution in [1.82, 2.24) is 19.9 Å². The zero-order chi connectivity index (χ0) is 18.2. The van der Waals surface area contributed by atoms with Gasteiger partial charge < -0.3 is 10.1 Å². The Hall–Kier alpha value is -2.00. The Morgan fingerprint density at radius 2 is 2.08 bits per heavy atom. The standard InChI is InChI=1S/C14H17F2N5S.C2H4O/c1-17-14-20-13(16)11(22-14)8-21-3-2-9(7-21)4-12-18-5-10(15)6-19-12;1-2-3/h5-6,9H,2-4,7-8H2,1H3,(H,17,20);2H,1H3. The third-order valence-electron chi connectivity index (χ3n) is 3.75. The topological polar surface area (TPSA) is 71.0 Å². The van der Waals surface area contributed by atoms with Gasteiger partial charge in [0.1, 0.15) is 12.1 Å². The van der Waals surface area contributed by atoms with Gasteiger partial charge in [-0.15, -0.1) is 0 Å². The van der Waals surface area contributed by atoms with Crippen molar-refractivity contribution in [3.05, 3.63) is 34.9 Å². The quantitative estimate of drug-likeness (QED) is 0.817. The molecule has 3 heterocycles. The number of likely N-dealkylation sites (tertiary alicyclic amines) is 1. The second kappa shape index (κ2) is 9.47. The van der Waals surface area contributed by atoms with Crippen LogP contribution in [0.4, 0.5) is 13.9 Å². The number of halogens is 2. The molecule has 0 spiro atoms. The van der Waals surface area contributed by atoms with Gasteiger partial charge in [0.05, 0.1) is 17.3 Å². The fourth-order valence-corrected chi connectivity index (χ4v) is 3.50. The Morgan fingerprint density at radius 3 is 2.68 bits per heavy atom. The summed E-state index contributed by atoms with van der Waals surface area (Å²) < 4.78 is 26.5. The summed E-state index contributed by atoms with van der Waals surface area (Å²) in [5.74, 6) is 0.275. The van der Waals surface area contributed by atoms with Gasteiger partial charge in [-0.2, -0.15) is 9.37 Å². The highest BCUT2D eigenvalue weighted by Crippen LogP contribution is 2.26. The van der Waals surface area contributed by atoms with Crippen LogP contribution in [0.25, 0.3) is 0 Å². The molecule has 0 bridgehead atoms. The van der Waals surface area contributed by atoms with Crippen molar-refractivity contribution in [2.24, 2.45) is 5.92 Å². The molecular formula is C16H21F2N5OS. The Morgan fingerprint density at radius 1 is 1.40 bits per heavy atom. The zero-order valence-corrected chi connectivity index (χ0v) is 15.0. The molecule has 1 aliphatic rings. The molecule has 1 N–H and O–H groups in total. The first kappa shape index (κ1) is 19.3. The Bertz CT molecular complexity index is 680. The van der Waals surface area contributed by atoms with Crippen LogP contribution < -0.4 is 5.32 Å². The summed E-state index contributed by atoms with van der Waals surface area (Å²) in [7, 11) is 1.73. The van der Waals surface area contributed by atoms with E-state index in [1.54, 1.807) is 7.05 Å². The third kappa shape index (κ3) is 5.79. The van der Waals surface area contributed by atoms with Crippen LogP contribution in [0.15, 0.2) is 12.4 Å². The van der Waals surface area contributed by atoms with Gasteiger partial charge in [0.15, 0.2) is 10.9 Å². The molecule has 25 heavy (non-hydrogen) atoms. The lowest BCUT2D eigenvalue weighted by Gasteiger charge is -2.14. The van der Waals surface area contributed by atoms with Crippen LogP contribution in [0.3, 0.4) is 0 Å². The van der Waals surface area contributed by atoms with Gasteiger partial charge in [0.25, 0.3) is 0 Å². The molecule has 1 fully saturated rings. The van der Waals surface area contributed by atoms with Crippen molar-refractivity contribution < 1.29 is 13.6 Å². The highest BCUT2D eigenvalue weighted by Gasteiger charge is 2.25. The van der Waals surface area contributed by atoms with E-state index in [0.717, 1.165) is 32.2 Å². The first-order valence-electron chi connectivity index (χ1n) is 7.97. The molecule has 2 aromatic rings. The Labute approximate surface area is 149 Å². The third-order valence-corrected chi connectivity index (χ3v) is 4.78. The number of nitrogens with zero attached hydrogens (tertiary/aromatic N) is 4. The van der Waals surface area contributed by atoms with Crippen LogP contribution in [0.2, 0.25) is 0 Å². The van der Waals surface area contributed by atoms with Crippen molar-refractivity contribution in [3.63, 3.8) is 0 Å². The van der Waals surface area contributed by atoms with Crippen LogP contribution in [0.5, 0.6) is 0 Å². The minimum Gasteiger partial charge on any atom is -0.365 e. The summed E-state index contributed by atoms with van der Waals surface area (Å²) in [6.07, 6.45) is 4.88. The lowest BCUT2D eigenvalue weighted by atomic mass is 10.0. The lowest BCUT2D eigenvalue weighted by molar-refractivity contribution is -0.106. The minimum atomic E-state index is -0.419. The monoisotopic (exact) mass is 369 g/mol. The molecule has 136 valence electrons. The van der Waals surface area contributed by atoms with Gasteiger partial charge >= 0.3 is 0 Å². The molecule has 1 saturated heterocycles. The van der Waals surface area contributed by atoms with Gasteiger partial charge in [-0.05, 0) is 25.8 Å². The number of nitrogens with one attached hydrogen (secondary N) is 1. The van der Waals surface area contributed by atoms with Crippen molar-refractivity contribution in [3.8, 4) is 0 Å². The van der Waals surface area contributed by atoms with E-state index in [0.29, 0.717) is 28.3 Å². The van der Waals surface area contributed by atoms with Gasteiger partial charge in [0.2, 0.25) is 5.95 Å². The summed E-state index contributed by atoms with van der Waals surface area (Å²) in [6.45, 7) is 3.80. The maximum Gasteiger partial charge on any atom is 0.230 e. The SMILES string of the molecule is CC=O.CNc1nc(F)c(CN2CCC(Cc3ncc(F)cn3)C2)s1. The van der Waals surface area contributed by atoms with Crippen LogP contribution in [0.1, 0.15) is 24.0 Å². The van der Waals surface area contributed by atoms with Crippen LogP contribution in [-0.2, 0) is 17.8 Å². The fraction of sp³-hybridized carbons (Fsp3) is 0.500. The average molecular weight is 369 g/mol. The number of rotatable bonds is 5. The number of hydrogen-bond acceptors (Lipinski definition) is 7. The molecule has 0 amide bonds. The van der Waals surface area contributed by atoms with Crippen molar-refractivity contribution in [2.45, 2.75) is 26.3 Å². The number of anilines is 1. The van der Waals surface area contributed by atoms with Crippen molar-refractivity contribution in [2.75, 3.05) is 25.5 Å². The van der Waals surface area contributed by atoms with E-state index >= 15 is 0 Å². The molecule has 0 aliphatic carbocycles. The van der Waals surface area contributed by atoms with E-state index in [2.05, 4.69) is 25.2 Å². The number of aldehydes is 1. The number of hydrogen-bond donors (Lipinski definition) is 1. The summed E-state index contributed by atoms with van der Waals surface area (Å²) >= 11 is 1.35. The molecule has 1 aliphatic heterocycles. The summed E-state index contributed by atoms with van der Waals surface area (Å²) in [6, 6.07) is 0. The fourth-order valence-electron chi connectivity index (χ4n) is 2.67. The molecule has 9 heteroatoms. The normalized spacial score (nSPS) is 17.0. The van der Waals surface area contributed by atoms with E-state index in [9.17, 15) is 8.78 Å². The van der Waals surface area contributed by atoms with Crippen molar-refractivity contribution >= 4 is 22.8 Å². The van der Waals surface area contributed by atoms with Gasteiger partial charge in [-0.25, -0.2) is 14.4 Å². The molecule has 0 aromatic carbocycles. The second-order valence-corrected chi connectivity index (χ2v) is 6.71. The summed E-state index contributed by atoms with van der Waals surface area (Å²) in [5, 5.41) is 3.46. The highest BCUT2D eigenvalue weighted by atomic mass is 32.1. The van der Waals surface area contributed by atoms with Crippen LogP contribution >= 0.6 is 11.3 Å². The number of thiazole rings is 1. The molecule has 2 aromatic heterocycles. The average Bonchev–Trinajstić information content (AvgIpc) is 3.17. The second-order valence-electron chi connectivity index (χ2n) is 5.63. The summed E-state index contributed by atoms with van der Waals surface area (Å²) in [4.78, 5) is 23.5. The minimum absolute atomic E-state index is 0.389. The molecule has 0 radical (unpaired) electrons. The molecule has 0 saturated carbocycles. The largest absolute Gasteiger partial charge is 0.365 e. The van der Waals surface area contributed by atoms with E-state index in [1.807, 2.05) is 0 Å². The van der Waals surface area contributed by atoms with Crippen molar-refractivity contribution in [1.29, 1.82) is 0 Å². The first-order valence-corrected chi connectivity index (χ1v) is 8.78. The van der Waals surface area contributed by atoms with Gasteiger partial charge in [0, 0.05) is 26.6 Å². The van der Waals surface area contributed by atoms with E-state index in [-0.39, 0.29) is 5.95 Å². The molecule has 6 nitrogen and oxygen atoms in total. The molecule has 1 unspecified atom stereocenters. The number of carbonyl (C=O) groups excluding carboxylic acids is 1. The van der Waals surface area contributed by atoms with E-state index in [4.69, 9.17) is 4.79 Å². The maximum atomic E-state index is 13.7. The van der Waals surface area contributed by atoms with E-state index in [1.165, 1.54) is 30.7 Å². The van der Waals surface area contributed by atoms with Crippen LogP contribution in [0, 0.1) is 17.7 Å². The maximum absolute atomic E-state index is 13.7. The molecule has 3 rings (SSSR count). The molecular weight excluding hydrogens is 348 g/mol. The first-order chi connectivity index (χ1) is 12.0. The zero-order valence-electron chi connectivity index (χ0n) is 14.2. The van der Waals surface area contributed by atoms with Gasteiger partial charge in [-0.1, -0.05) is 11.3 Å². The smallest absolute Gasteiger partial charge is 0.230 e.